The molecule has 2 heteroatoms. The van der Waals surface area contributed by atoms with Crippen LogP contribution in [0.15, 0.2) is 36.4 Å². The summed E-state index contributed by atoms with van der Waals surface area (Å²) in [6.45, 7) is 7.52. The topological polar surface area (TPSA) is 12.0 Å². The Balaban J connectivity index is 1.99. The summed E-state index contributed by atoms with van der Waals surface area (Å²) in [6, 6.07) is 13.9. The minimum atomic E-state index is 0.491. The minimum absolute atomic E-state index is 0.491. The van der Waals surface area contributed by atoms with E-state index in [1.54, 1.807) is 0 Å². The number of benzene rings is 1. The third-order valence-electron chi connectivity index (χ3n) is 3.40. The Labute approximate surface area is 120 Å². The van der Waals surface area contributed by atoms with Crippen LogP contribution in [-0.2, 0) is 6.42 Å². The number of aryl methyl sites for hydroxylation is 3. The summed E-state index contributed by atoms with van der Waals surface area (Å²) >= 11 is 1.91. The van der Waals surface area contributed by atoms with Crippen molar-refractivity contribution in [1.82, 2.24) is 5.32 Å². The van der Waals surface area contributed by atoms with Crippen molar-refractivity contribution in [3.8, 4) is 0 Å². The van der Waals surface area contributed by atoms with Crippen LogP contribution in [0.25, 0.3) is 0 Å². The molecule has 0 amide bonds. The van der Waals surface area contributed by atoms with Crippen molar-refractivity contribution in [2.75, 3.05) is 6.54 Å². The number of hydrogen-bond acceptors (Lipinski definition) is 2. The number of thiophene rings is 1. The Morgan fingerprint density at radius 1 is 1.05 bits per heavy atom. The van der Waals surface area contributed by atoms with Gasteiger partial charge >= 0.3 is 0 Å². The van der Waals surface area contributed by atoms with Crippen LogP contribution < -0.4 is 5.32 Å². The molecule has 1 atom stereocenters. The van der Waals surface area contributed by atoms with E-state index in [0.29, 0.717) is 6.04 Å². The van der Waals surface area contributed by atoms with Gasteiger partial charge < -0.3 is 5.32 Å². The average Bonchev–Trinajstić information content (AvgIpc) is 2.83. The van der Waals surface area contributed by atoms with Gasteiger partial charge in [-0.15, -0.1) is 11.3 Å². The molecule has 1 heterocycles. The van der Waals surface area contributed by atoms with E-state index in [0.717, 1.165) is 19.4 Å². The van der Waals surface area contributed by atoms with E-state index in [9.17, 15) is 0 Å². The van der Waals surface area contributed by atoms with Gasteiger partial charge in [0.1, 0.15) is 0 Å². The standard InChI is InChI=1S/C17H23NS/c1-4-18-16(17-12-7-14(3)19-17)11-10-15-8-5-13(2)6-9-15/h5-9,12,16,18H,4,10-11H2,1-3H3. The first-order valence-corrected chi connectivity index (χ1v) is 7.86. The molecule has 2 rings (SSSR count). The molecule has 0 saturated heterocycles. The second kappa shape index (κ2) is 6.88. The molecule has 0 aliphatic rings. The molecule has 1 unspecified atom stereocenters. The van der Waals surface area contributed by atoms with Gasteiger partial charge in [-0.25, -0.2) is 0 Å². The maximum atomic E-state index is 3.60. The fourth-order valence-corrected chi connectivity index (χ4v) is 3.29. The predicted molar refractivity (Wildman–Crippen MR) is 85.0 cm³/mol. The third-order valence-corrected chi connectivity index (χ3v) is 4.51. The lowest BCUT2D eigenvalue weighted by molar-refractivity contribution is 0.523. The van der Waals surface area contributed by atoms with Crippen LogP contribution >= 0.6 is 11.3 Å². The van der Waals surface area contributed by atoms with Crippen LogP contribution in [0.1, 0.15) is 40.3 Å². The minimum Gasteiger partial charge on any atom is -0.310 e. The molecule has 0 radical (unpaired) electrons. The molecule has 1 aromatic heterocycles. The summed E-state index contributed by atoms with van der Waals surface area (Å²) in [5.41, 5.74) is 2.77. The number of nitrogens with one attached hydrogen (secondary N) is 1. The molecule has 1 nitrogen and oxygen atoms in total. The third kappa shape index (κ3) is 4.19. The molecule has 0 saturated carbocycles. The summed E-state index contributed by atoms with van der Waals surface area (Å²) in [4.78, 5) is 2.86. The van der Waals surface area contributed by atoms with Crippen molar-refractivity contribution in [2.24, 2.45) is 0 Å². The van der Waals surface area contributed by atoms with Crippen LogP contribution in [0.5, 0.6) is 0 Å². The van der Waals surface area contributed by atoms with Crippen LogP contribution in [0.4, 0.5) is 0 Å². The molecule has 19 heavy (non-hydrogen) atoms. The molecule has 0 bridgehead atoms. The van der Waals surface area contributed by atoms with Gasteiger partial charge in [-0.05, 0) is 50.9 Å². The largest absolute Gasteiger partial charge is 0.310 e. The lowest BCUT2D eigenvalue weighted by Gasteiger charge is -2.16. The van der Waals surface area contributed by atoms with Gasteiger partial charge in [0.05, 0.1) is 0 Å². The molecule has 0 aliphatic heterocycles. The highest BCUT2D eigenvalue weighted by Crippen LogP contribution is 2.26. The van der Waals surface area contributed by atoms with Crippen LogP contribution in [0, 0.1) is 13.8 Å². The van der Waals surface area contributed by atoms with E-state index in [4.69, 9.17) is 0 Å². The van der Waals surface area contributed by atoms with Crippen molar-refractivity contribution in [3.63, 3.8) is 0 Å². The Morgan fingerprint density at radius 3 is 2.37 bits per heavy atom. The zero-order valence-electron chi connectivity index (χ0n) is 12.1. The first-order chi connectivity index (χ1) is 9.19. The van der Waals surface area contributed by atoms with E-state index in [1.165, 1.54) is 20.9 Å². The van der Waals surface area contributed by atoms with Crippen molar-refractivity contribution in [1.29, 1.82) is 0 Å². The Kier molecular flexibility index (Phi) is 5.17. The smallest absolute Gasteiger partial charge is 0.0417 e. The Bertz CT molecular complexity index is 498. The summed E-state index contributed by atoms with van der Waals surface area (Å²) in [7, 11) is 0. The zero-order chi connectivity index (χ0) is 13.7. The molecule has 1 N–H and O–H groups in total. The molecule has 0 fully saturated rings. The molecule has 2 aromatic rings. The second-order valence-corrected chi connectivity index (χ2v) is 6.40. The fourth-order valence-electron chi connectivity index (χ4n) is 2.30. The first kappa shape index (κ1) is 14.3. The van der Waals surface area contributed by atoms with Crippen molar-refractivity contribution in [3.05, 3.63) is 57.3 Å². The molecule has 0 aliphatic carbocycles. The van der Waals surface area contributed by atoms with E-state index < -0.39 is 0 Å². The van der Waals surface area contributed by atoms with Crippen LogP contribution in [-0.4, -0.2) is 6.54 Å². The van der Waals surface area contributed by atoms with Crippen molar-refractivity contribution < 1.29 is 0 Å². The SMILES string of the molecule is CCNC(CCc1ccc(C)cc1)c1ccc(C)s1. The van der Waals surface area contributed by atoms with E-state index in [1.807, 2.05) is 11.3 Å². The van der Waals surface area contributed by atoms with Gasteiger partial charge in [0.25, 0.3) is 0 Å². The summed E-state index contributed by atoms with van der Waals surface area (Å²) in [5, 5.41) is 3.60. The number of rotatable bonds is 6. The van der Waals surface area contributed by atoms with Crippen molar-refractivity contribution in [2.45, 2.75) is 39.7 Å². The number of hydrogen-bond donors (Lipinski definition) is 1. The van der Waals surface area contributed by atoms with Gasteiger partial charge in [0.2, 0.25) is 0 Å². The predicted octanol–water partition coefficient (Wildman–Crippen LogP) is 4.65. The zero-order valence-corrected chi connectivity index (χ0v) is 12.9. The monoisotopic (exact) mass is 273 g/mol. The van der Waals surface area contributed by atoms with Crippen molar-refractivity contribution >= 4 is 11.3 Å². The molecular formula is C17H23NS. The highest BCUT2D eigenvalue weighted by molar-refractivity contribution is 7.12. The first-order valence-electron chi connectivity index (χ1n) is 7.04. The quantitative estimate of drug-likeness (QED) is 0.808. The second-order valence-electron chi connectivity index (χ2n) is 5.08. The summed E-state index contributed by atoms with van der Waals surface area (Å²) in [5.74, 6) is 0. The van der Waals surface area contributed by atoms with Gasteiger partial charge in [-0.3, -0.25) is 0 Å². The average molecular weight is 273 g/mol. The highest BCUT2D eigenvalue weighted by Gasteiger charge is 2.12. The lowest BCUT2D eigenvalue weighted by Crippen LogP contribution is -2.20. The Hall–Kier alpha value is -1.12. The van der Waals surface area contributed by atoms with E-state index in [2.05, 4.69) is 62.5 Å². The molecule has 0 spiro atoms. The van der Waals surface area contributed by atoms with Gasteiger partial charge in [-0.2, -0.15) is 0 Å². The summed E-state index contributed by atoms with van der Waals surface area (Å²) < 4.78 is 0. The summed E-state index contributed by atoms with van der Waals surface area (Å²) in [6.07, 6.45) is 2.30. The lowest BCUT2D eigenvalue weighted by atomic mass is 10.0. The van der Waals surface area contributed by atoms with Gasteiger partial charge in [0.15, 0.2) is 0 Å². The maximum Gasteiger partial charge on any atom is 0.0417 e. The van der Waals surface area contributed by atoms with Crippen LogP contribution in [0.3, 0.4) is 0 Å². The maximum absolute atomic E-state index is 3.60. The Morgan fingerprint density at radius 2 is 1.79 bits per heavy atom. The van der Waals surface area contributed by atoms with Gasteiger partial charge in [-0.1, -0.05) is 36.8 Å². The fraction of sp³-hybridized carbons (Fsp3) is 0.412. The highest BCUT2D eigenvalue weighted by atomic mass is 32.1. The van der Waals surface area contributed by atoms with E-state index in [-0.39, 0.29) is 0 Å². The van der Waals surface area contributed by atoms with E-state index >= 15 is 0 Å². The molecule has 102 valence electrons. The molecular weight excluding hydrogens is 250 g/mol. The molecule has 1 aromatic carbocycles. The van der Waals surface area contributed by atoms with Crippen LogP contribution in [0.2, 0.25) is 0 Å². The normalized spacial score (nSPS) is 12.6. The van der Waals surface area contributed by atoms with Gasteiger partial charge in [0, 0.05) is 15.8 Å².